The summed E-state index contributed by atoms with van der Waals surface area (Å²) < 4.78 is 11.6. The minimum atomic E-state index is 0.250. The lowest BCUT2D eigenvalue weighted by atomic mass is 10.2. The summed E-state index contributed by atoms with van der Waals surface area (Å²) in [5.74, 6) is 1.74. The largest absolute Gasteiger partial charge is 0.494 e. The minimum Gasteiger partial charge on any atom is -0.494 e. The Morgan fingerprint density at radius 1 is 0.929 bits per heavy atom. The van der Waals surface area contributed by atoms with Crippen molar-refractivity contribution in [2.45, 2.75) is 33.1 Å². The van der Waals surface area contributed by atoms with Crippen LogP contribution in [0.4, 0.5) is 11.4 Å². The van der Waals surface area contributed by atoms with Crippen LogP contribution in [0.2, 0.25) is 0 Å². The molecule has 28 heavy (non-hydrogen) atoms. The average molecular weight is 402 g/mol. The van der Waals surface area contributed by atoms with Crippen molar-refractivity contribution in [3.05, 3.63) is 48.5 Å². The van der Waals surface area contributed by atoms with Crippen LogP contribution in [0, 0.1) is 0 Å². The molecule has 2 rings (SSSR count). The van der Waals surface area contributed by atoms with E-state index in [-0.39, 0.29) is 5.11 Å². The van der Waals surface area contributed by atoms with E-state index in [9.17, 15) is 0 Å². The molecule has 0 aromatic heterocycles. The van der Waals surface area contributed by atoms with Crippen molar-refractivity contribution in [1.82, 2.24) is 0 Å². The first-order chi connectivity index (χ1) is 13.6. The smallest absolute Gasteiger partial charge is 0.168 e. The van der Waals surface area contributed by atoms with Crippen LogP contribution in [-0.2, 0) is 0 Å². The standard InChI is InChI=1S/C22H31N3O2S/c1-3-25(4-2)19-11-13-20(14-12-19)26-15-6-5-7-16-27-21-10-8-9-18(17-21)24-22(23)28/h8-14,17H,3-7,15-16H2,1-2H3,(H3,23,24,28). The number of unbranched alkanes of at least 4 members (excludes halogenated alkanes) is 2. The maximum absolute atomic E-state index is 5.83. The molecule has 152 valence electrons. The predicted octanol–water partition coefficient (Wildman–Crippen LogP) is 4.82. The van der Waals surface area contributed by atoms with Gasteiger partial charge in [-0.25, -0.2) is 0 Å². The van der Waals surface area contributed by atoms with Gasteiger partial charge in [0.15, 0.2) is 5.11 Å². The SMILES string of the molecule is CCN(CC)c1ccc(OCCCCCOc2cccc(NC(N)=S)c2)cc1. The Morgan fingerprint density at radius 3 is 2.18 bits per heavy atom. The summed E-state index contributed by atoms with van der Waals surface area (Å²) >= 11 is 4.84. The van der Waals surface area contributed by atoms with Crippen molar-refractivity contribution in [3.8, 4) is 11.5 Å². The van der Waals surface area contributed by atoms with E-state index in [1.54, 1.807) is 0 Å². The fourth-order valence-corrected chi connectivity index (χ4v) is 3.03. The Balaban J connectivity index is 1.60. The van der Waals surface area contributed by atoms with Gasteiger partial charge >= 0.3 is 0 Å². The molecule has 0 fully saturated rings. The van der Waals surface area contributed by atoms with Crippen LogP contribution in [-0.4, -0.2) is 31.4 Å². The highest BCUT2D eigenvalue weighted by molar-refractivity contribution is 7.80. The maximum Gasteiger partial charge on any atom is 0.168 e. The quantitative estimate of drug-likeness (QED) is 0.393. The van der Waals surface area contributed by atoms with Gasteiger partial charge in [0.1, 0.15) is 11.5 Å². The molecular formula is C22H31N3O2S. The molecular weight excluding hydrogens is 370 g/mol. The molecule has 0 aliphatic carbocycles. The second-order valence-corrected chi connectivity index (χ2v) is 6.88. The zero-order valence-corrected chi connectivity index (χ0v) is 17.6. The van der Waals surface area contributed by atoms with E-state index in [1.165, 1.54) is 5.69 Å². The number of rotatable bonds is 12. The molecule has 0 bridgehead atoms. The van der Waals surface area contributed by atoms with E-state index in [4.69, 9.17) is 27.4 Å². The molecule has 2 aromatic carbocycles. The van der Waals surface area contributed by atoms with Gasteiger partial charge in [-0.1, -0.05) is 6.07 Å². The minimum absolute atomic E-state index is 0.250. The third-order valence-electron chi connectivity index (χ3n) is 4.39. The molecule has 3 N–H and O–H groups in total. The Morgan fingerprint density at radius 2 is 1.57 bits per heavy atom. The Bertz CT molecular complexity index is 718. The topological polar surface area (TPSA) is 59.8 Å². The molecule has 0 heterocycles. The summed E-state index contributed by atoms with van der Waals surface area (Å²) in [4.78, 5) is 2.32. The van der Waals surface area contributed by atoms with Crippen molar-refractivity contribution in [1.29, 1.82) is 0 Å². The fourth-order valence-electron chi connectivity index (χ4n) is 2.91. The first kappa shape index (κ1) is 21.8. The van der Waals surface area contributed by atoms with Crippen LogP contribution in [0.3, 0.4) is 0 Å². The molecule has 0 atom stereocenters. The molecule has 0 amide bonds. The number of anilines is 2. The van der Waals surface area contributed by atoms with E-state index in [0.29, 0.717) is 6.61 Å². The number of benzene rings is 2. The van der Waals surface area contributed by atoms with Gasteiger partial charge in [0.05, 0.1) is 13.2 Å². The van der Waals surface area contributed by atoms with Crippen LogP contribution < -0.4 is 25.4 Å². The van der Waals surface area contributed by atoms with E-state index in [0.717, 1.165) is 56.1 Å². The lowest BCUT2D eigenvalue weighted by Gasteiger charge is -2.21. The number of hydrogen-bond donors (Lipinski definition) is 2. The molecule has 0 aliphatic heterocycles. The summed E-state index contributed by atoms with van der Waals surface area (Å²) in [5.41, 5.74) is 7.56. The zero-order chi connectivity index (χ0) is 20.2. The van der Waals surface area contributed by atoms with Crippen LogP contribution in [0.25, 0.3) is 0 Å². The van der Waals surface area contributed by atoms with Crippen molar-refractivity contribution >= 4 is 28.7 Å². The van der Waals surface area contributed by atoms with E-state index in [1.807, 2.05) is 36.4 Å². The van der Waals surface area contributed by atoms with Gasteiger partial charge in [-0.3, -0.25) is 0 Å². The highest BCUT2D eigenvalue weighted by Crippen LogP contribution is 2.20. The summed E-state index contributed by atoms with van der Waals surface area (Å²) in [7, 11) is 0. The van der Waals surface area contributed by atoms with Crippen LogP contribution in [0.15, 0.2) is 48.5 Å². The van der Waals surface area contributed by atoms with E-state index < -0.39 is 0 Å². The van der Waals surface area contributed by atoms with Crippen LogP contribution in [0.5, 0.6) is 11.5 Å². The van der Waals surface area contributed by atoms with Crippen molar-refractivity contribution in [2.75, 3.05) is 36.5 Å². The van der Waals surface area contributed by atoms with Crippen LogP contribution >= 0.6 is 12.2 Å². The van der Waals surface area contributed by atoms with Gasteiger partial charge in [-0.2, -0.15) is 0 Å². The van der Waals surface area contributed by atoms with E-state index in [2.05, 4.69) is 36.2 Å². The Hall–Kier alpha value is -2.47. The first-order valence-corrected chi connectivity index (χ1v) is 10.3. The maximum atomic E-state index is 5.83. The number of nitrogens with two attached hydrogens (primary N) is 1. The van der Waals surface area contributed by atoms with Gasteiger partial charge in [0.2, 0.25) is 0 Å². The summed E-state index contributed by atoms with van der Waals surface area (Å²) in [6.07, 6.45) is 3.05. The third-order valence-corrected chi connectivity index (χ3v) is 4.50. The van der Waals surface area contributed by atoms with Gasteiger partial charge in [-0.05, 0) is 81.7 Å². The van der Waals surface area contributed by atoms with Gasteiger partial charge < -0.3 is 25.4 Å². The van der Waals surface area contributed by atoms with Crippen LogP contribution in [0.1, 0.15) is 33.1 Å². The van der Waals surface area contributed by atoms with Gasteiger partial charge in [-0.15, -0.1) is 0 Å². The molecule has 0 spiro atoms. The first-order valence-electron chi connectivity index (χ1n) is 9.89. The highest BCUT2D eigenvalue weighted by Gasteiger charge is 2.02. The molecule has 0 saturated carbocycles. The molecule has 0 unspecified atom stereocenters. The lowest BCUT2D eigenvalue weighted by Crippen LogP contribution is -2.21. The third kappa shape index (κ3) is 7.64. The second-order valence-electron chi connectivity index (χ2n) is 6.44. The predicted molar refractivity (Wildman–Crippen MR) is 122 cm³/mol. The molecule has 5 nitrogen and oxygen atoms in total. The Labute approximate surface area is 173 Å². The monoisotopic (exact) mass is 401 g/mol. The molecule has 2 aromatic rings. The molecule has 0 saturated heterocycles. The summed E-state index contributed by atoms with van der Waals surface area (Å²) in [6.45, 7) is 7.76. The van der Waals surface area contributed by atoms with Gasteiger partial charge in [0.25, 0.3) is 0 Å². The number of nitrogens with zero attached hydrogens (tertiary/aromatic N) is 1. The lowest BCUT2D eigenvalue weighted by molar-refractivity contribution is 0.279. The summed E-state index contributed by atoms with van der Waals surface area (Å²) in [6, 6.07) is 16.0. The number of hydrogen-bond acceptors (Lipinski definition) is 4. The number of nitrogens with one attached hydrogen (secondary N) is 1. The second kappa shape index (κ2) is 12.1. The highest BCUT2D eigenvalue weighted by atomic mass is 32.1. The molecule has 0 aliphatic rings. The van der Waals surface area contributed by atoms with Crippen molar-refractivity contribution in [2.24, 2.45) is 5.73 Å². The molecule has 0 radical (unpaired) electrons. The number of ether oxygens (including phenoxy) is 2. The zero-order valence-electron chi connectivity index (χ0n) is 16.8. The Kier molecular flexibility index (Phi) is 9.42. The number of thiocarbonyl (C=S) groups is 1. The van der Waals surface area contributed by atoms with Crippen molar-refractivity contribution < 1.29 is 9.47 Å². The molecule has 6 heteroatoms. The van der Waals surface area contributed by atoms with E-state index >= 15 is 0 Å². The van der Waals surface area contributed by atoms with Gasteiger partial charge in [0, 0.05) is 30.5 Å². The average Bonchev–Trinajstić information content (AvgIpc) is 2.69. The fraction of sp³-hybridized carbons (Fsp3) is 0.409. The normalized spacial score (nSPS) is 10.4. The summed E-state index contributed by atoms with van der Waals surface area (Å²) in [5, 5.41) is 3.16. The van der Waals surface area contributed by atoms with Crippen molar-refractivity contribution in [3.63, 3.8) is 0 Å².